The maximum Gasteiger partial charge on any atom is 0.358 e. The fourth-order valence-electron chi connectivity index (χ4n) is 2.12. The summed E-state index contributed by atoms with van der Waals surface area (Å²) in [6, 6.07) is 11.3. The summed E-state index contributed by atoms with van der Waals surface area (Å²) in [6.45, 7) is 3.47. The van der Waals surface area contributed by atoms with E-state index in [0.29, 0.717) is 5.69 Å². The van der Waals surface area contributed by atoms with Gasteiger partial charge in [0.05, 0.1) is 4.88 Å². The molecule has 2 aromatic heterocycles. The van der Waals surface area contributed by atoms with E-state index in [4.69, 9.17) is 4.74 Å². The molecule has 2 heterocycles. The molecular formula is C18H16N2O3S2. The van der Waals surface area contributed by atoms with Crippen molar-refractivity contribution in [3.05, 3.63) is 58.4 Å². The van der Waals surface area contributed by atoms with Crippen LogP contribution in [0.3, 0.4) is 0 Å². The Balaban J connectivity index is 1.61. The summed E-state index contributed by atoms with van der Waals surface area (Å²) in [5.41, 5.74) is 1.91. The van der Waals surface area contributed by atoms with Crippen LogP contribution in [0.4, 0.5) is 5.69 Å². The quantitative estimate of drug-likeness (QED) is 0.676. The molecule has 0 aliphatic rings. The number of carbonyl (C=O) groups is 2. The van der Waals surface area contributed by atoms with Crippen molar-refractivity contribution < 1.29 is 14.3 Å². The number of nitrogens with one attached hydrogen (secondary N) is 1. The average Bonchev–Trinajstić information content (AvgIpc) is 3.26. The number of thiophene rings is 1. The topological polar surface area (TPSA) is 68.3 Å². The van der Waals surface area contributed by atoms with Crippen LogP contribution in [0.2, 0.25) is 0 Å². The Bertz CT molecular complexity index is 887. The molecule has 1 atom stereocenters. The van der Waals surface area contributed by atoms with Crippen LogP contribution in [0.25, 0.3) is 9.88 Å². The van der Waals surface area contributed by atoms with Crippen molar-refractivity contribution in [3.63, 3.8) is 0 Å². The summed E-state index contributed by atoms with van der Waals surface area (Å²) in [7, 11) is 0. The number of hydrogen-bond donors (Lipinski definition) is 1. The van der Waals surface area contributed by atoms with Crippen LogP contribution in [0.1, 0.15) is 23.0 Å². The zero-order valence-corrected chi connectivity index (χ0v) is 15.3. The maximum atomic E-state index is 12.2. The molecule has 0 radical (unpaired) electrons. The van der Waals surface area contributed by atoms with Gasteiger partial charge < -0.3 is 10.1 Å². The zero-order valence-electron chi connectivity index (χ0n) is 13.7. The highest BCUT2D eigenvalue weighted by atomic mass is 32.1. The lowest BCUT2D eigenvalue weighted by Crippen LogP contribution is -2.30. The first-order valence-electron chi connectivity index (χ1n) is 7.61. The number of nitrogens with zero attached hydrogens (tertiary/aromatic N) is 1. The van der Waals surface area contributed by atoms with Crippen molar-refractivity contribution in [2.45, 2.75) is 20.0 Å². The van der Waals surface area contributed by atoms with E-state index in [0.717, 1.165) is 15.4 Å². The summed E-state index contributed by atoms with van der Waals surface area (Å²) in [5.74, 6) is -0.987. The van der Waals surface area contributed by atoms with E-state index in [-0.39, 0.29) is 11.6 Å². The molecule has 7 heteroatoms. The Labute approximate surface area is 153 Å². The molecule has 1 N–H and O–H groups in total. The van der Waals surface area contributed by atoms with Crippen molar-refractivity contribution in [2.24, 2.45) is 0 Å². The first-order valence-corrected chi connectivity index (χ1v) is 9.37. The molecular weight excluding hydrogens is 356 g/mol. The van der Waals surface area contributed by atoms with Gasteiger partial charge in [0.15, 0.2) is 11.8 Å². The van der Waals surface area contributed by atoms with E-state index >= 15 is 0 Å². The van der Waals surface area contributed by atoms with E-state index < -0.39 is 12.1 Å². The Kier molecular flexibility index (Phi) is 5.25. The molecule has 25 heavy (non-hydrogen) atoms. The number of thiazole rings is 1. The van der Waals surface area contributed by atoms with E-state index in [9.17, 15) is 9.59 Å². The summed E-state index contributed by atoms with van der Waals surface area (Å²) < 4.78 is 5.23. The minimum Gasteiger partial charge on any atom is -0.448 e. The molecule has 5 nitrogen and oxygen atoms in total. The molecule has 0 spiro atoms. The zero-order chi connectivity index (χ0) is 17.8. The first kappa shape index (κ1) is 17.3. The second kappa shape index (κ2) is 7.58. The molecule has 1 aromatic carbocycles. The Hall–Kier alpha value is -2.51. The van der Waals surface area contributed by atoms with Gasteiger partial charge in [0.2, 0.25) is 0 Å². The second-order valence-corrected chi connectivity index (χ2v) is 7.23. The summed E-state index contributed by atoms with van der Waals surface area (Å²) in [6.07, 6.45) is -0.917. The molecule has 0 fully saturated rings. The maximum absolute atomic E-state index is 12.2. The van der Waals surface area contributed by atoms with E-state index in [1.54, 1.807) is 22.8 Å². The summed E-state index contributed by atoms with van der Waals surface area (Å²) in [5, 5.41) is 7.09. The number of anilines is 1. The predicted molar refractivity (Wildman–Crippen MR) is 100 cm³/mol. The number of amides is 1. The largest absolute Gasteiger partial charge is 0.448 e. The fourth-order valence-corrected chi connectivity index (χ4v) is 3.73. The van der Waals surface area contributed by atoms with Crippen LogP contribution in [-0.4, -0.2) is 23.0 Å². The SMILES string of the molecule is Cc1cccc(NC(=O)[C@H](C)OC(=O)c2csc(-c3cccs3)n2)c1. The van der Waals surface area contributed by atoms with Crippen LogP contribution in [-0.2, 0) is 9.53 Å². The van der Waals surface area contributed by atoms with Crippen molar-refractivity contribution in [1.82, 2.24) is 4.98 Å². The third kappa shape index (κ3) is 4.32. The fraction of sp³-hybridized carbons (Fsp3) is 0.167. The van der Waals surface area contributed by atoms with Crippen molar-refractivity contribution in [1.29, 1.82) is 0 Å². The van der Waals surface area contributed by atoms with Gasteiger partial charge in [-0.3, -0.25) is 4.79 Å². The molecule has 0 unspecified atom stereocenters. The first-order chi connectivity index (χ1) is 12.0. The second-order valence-electron chi connectivity index (χ2n) is 5.42. The van der Waals surface area contributed by atoms with Gasteiger partial charge in [0, 0.05) is 11.1 Å². The Morgan fingerprint density at radius 1 is 1.20 bits per heavy atom. The number of aryl methyl sites for hydroxylation is 1. The van der Waals surface area contributed by atoms with Crippen LogP contribution >= 0.6 is 22.7 Å². The van der Waals surface area contributed by atoms with Crippen LogP contribution < -0.4 is 5.32 Å². The van der Waals surface area contributed by atoms with Gasteiger partial charge in [-0.1, -0.05) is 18.2 Å². The molecule has 0 aliphatic heterocycles. The number of aromatic nitrogens is 1. The van der Waals surface area contributed by atoms with Crippen LogP contribution in [0, 0.1) is 6.92 Å². The standard InChI is InChI=1S/C18H16N2O3S2/c1-11-5-3-6-13(9-11)19-16(21)12(2)23-18(22)14-10-25-17(20-14)15-7-4-8-24-15/h3-10,12H,1-2H3,(H,19,21)/t12-/m0/s1. The van der Waals surface area contributed by atoms with Gasteiger partial charge in [-0.05, 0) is 43.0 Å². The summed E-state index contributed by atoms with van der Waals surface area (Å²) >= 11 is 2.93. The smallest absolute Gasteiger partial charge is 0.358 e. The molecule has 0 saturated carbocycles. The lowest BCUT2D eigenvalue weighted by Gasteiger charge is -2.13. The number of rotatable bonds is 5. The predicted octanol–water partition coefficient (Wildman–Crippen LogP) is 4.36. The molecule has 0 aliphatic carbocycles. The van der Waals surface area contributed by atoms with Gasteiger partial charge in [-0.2, -0.15) is 0 Å². The van der Waals surface area contributed by atoms with Crippen LogP contribution in [0.15, 0.2) is 47.2 Å². The third-order valence-electron chi connectivity index (χ3n) is 3.38. The van der Waals surface area contributed by atoms with Gasteiger partial charge in [0.25, 0.3) is 5.91 Å². The van der Waals surface area contributed by atoms with Crippen molar-refractivity contribution >= 4 is 40.2 Å². The van der Waals surface area contributed by atoms with Crippen LogP contribution in [0.5, 0.6) is 0 Å². The number of esters is 1. The molecule has 128 valence electrons. The van der Waals surface area contributed by atoms with E-state index in [2.05, 4.69) is 10.3 Å². The van der Waals surface area contributed by atoms with Gasteiger partial charge >= 0.3 is 5.97 Å². The number of ether oxygens (including phenoxy) is 1. The number of benzene rings is 1. The Morgan fingerprint density at radius 3 is 2.76 bits per heavy atom. The number of hydrogen-bond acceptors (Lipinski definition) is 6. The minimum absolute atomic E-state index is 0.212. The van der Waals surface area contributed by atoms with E-state index in [1.165, 1.54) is 18.3 Å². The van der Waals surface area contributed by atoms with Gasteiger partial charge in [-0.15, -0.1) is 22.7 Å². The molecule has 3 aromatic rings. The number of carbonyl (C=O) groups excluding carboxylic acids is 2. The lowest BCUT2D eigenvalue weighted by atomic mass is 10.2. The third-order valence-corrected chi connectivity index (χ3v) is 5.27. The van der Waals surface area contributed by atoms with E-state index in [1.807, 2.05) is 42.6 Å². The molecule has 1 amide bonds. The summed E-state index contributed by atoms with van der Waals surface area (Å²) in [4.78, 5) is 29.7. The van der Waals surface area contributed by atoms with Crippen molar-refractivity contribution in [3.8, 4) is 9.88 Å². The molecule has 3 rings (SSSR count). The van der Waals surface area contributed by atoms with Gasteiger partial charge in [0.1, 0.15) is 5.01 Å². The van der Waals surface area contributed by atoms with Gasteiger partial charge in [-0.25, -0.2) is 9.78 Å². The normalized spacial score (nSPS) is 11.8. The highest BCUT2D eigenvalue weighted by Crippen LogP contribution is 2.28. The monoisotopic (exact) mass is 372 g/mol. The molecule has 0 saturated heterocycles. The average molecular weight is 372 g/mol. The Morgan fingerprint density at radius 2 is 2.04 bits per heavy atom. The lowest BCUT2D eigenvalue weighted by molar-refractivity contribution is -0.123. The molecule has 0 bridgehead atoms. The highest BCUT2D eigenvalue weighted by molar-refractivity contribution is 7.20. The van der Waals surface area contributed by atoms with Crippen molar-refractivity contribution in [2.75, 3.05) is 5.32 Å². The minimum atomic E-state index is -0.917. The highest BCUT2D eigenvalue weighted by Gasteiger charge is 2.21.